The van der Waals surface area contributed by atoms with Crippen LogP contribution in [-0.2, 0) is 54.9 Å². The normalized spacial score (nSPS) is 22.3. The molecule has 6 heteroatoms. The van der Waals surface area contributed by atoms with Crippen LogP contribution < -0.4 is 0 Å². The van der Waals surface area contributed by atoms with E-state index in [2.05, 4.69) is 0 Å². The number of hydrogen-bond donors (Lipinski definition) is 0. The first kappa shape index (κ1) is 28.9. The van der Waals surface area contributed by atoms with Crippen LogP contribution in [0.3, 0.4) is 0 Å². The van der Waals surface area contributed by atoms with E-state index < -0.39 is 30.5 Å². The van der Waals surface area contributed by atoms with Gasteiger partial charge in [-0.15, -0.1) is 0 Å². The minimum Gasteiger partial charge on any atom is -0.374 e. The first-order chi connectivity index (χ1) is 20.3. The molecule has 0 aromatic heterocycles. The Morgan fingerprint density at radius 1 is 0.537 bits per heavy atom. The van der Waals surface area contributed by atoms with Crippen LogP contribution in [0.5, 0.6) is 0 Å². The number of rotatable bonds is 14. The molecular weight excluding hydrogens is 516 g/mol. The van der Waals surface area contributed by atoms with Crippen molar-refractivity contribution in [1.82, 2.24) is 0 Å². The predicted molar refractivity (Wildman–Crippen MR) is 156 cm³/mol. The minimum absolute atomic E-state index is 0.208. The molecule has 1 fully saturated rings. The maximum atomic E-state index is 12.6. The molecule has 1 aliphatic heterocycles. The molecule has 41 heavy (non-hydrogen) atoms. The van der Waals surface area contributed by atoms with Crippen molar-refractivity contribution < 1.29 is 28.5 Å². The molecule has 0 amide bonds. The van der Waals surface area contributed by atoms with Crippen molar-refractivity contribution in [1.29, 1.82) is 0 Å². The SMILES string of the molecule is O=C[C@H]1[C@H](OCc2ccccc2)[C@@H](OCc2ccccc2)[C@@H](OCc2ccccc2)O[C@@H]1COCc1ccccc1. The average molecular weight is 553 g/mol. The van der Waals surface area contributed by atoms with Gasteiger partial charge in [0.25, 0.3) is 0 Å². The molecule has 5 atom stereocenters. The monoisotopic (exact) mass is 552 g/mol. The number of benzene rings is 4. The fourth-order valence-corrected chi connectivity index (χ4v) is 4.91. The van der Waals surface area contributed by atoms with Crippen molar-refractivity contribution in [2.24, 2.45) is 5.92 Å². The van der Waals surface area contributed by atoms with Crippen LogP contribution in [0.1, 0.15) is 22.3 Å². The van der Waals surface area contributed by atoms with E-state index in [1.54, 1.807) is 0 Å². The van der Waals surface area contributed by atoms with Crippen molar-refractivity contribution in [3.8, 4) is 0 Å². The van der Waals surface area contributed by atoms with Gasteiger partial charge in [0.05, 0.1) is 45.1 Å². The number of carbonyl (C=O) groups excluding carboxylic acids is 1. The largest absolute Gasteiger partial charge is 0.374 e. The van der Waals surface area contributed by atoms with Gasteiger partial charge in [0.1, 0.15) is 18.5 Å². The Hall–Kier alpha value is -3.65. The quantitative estimate of drug-likeness (QED) is 0.175. The lowest BCUT2D eigenvalue weighted by molar-refractivity contribution is -0.308. The van der Waals surface area contributed by atoms with E-state index >= 15 is 0 Å². The lowest BCUT2D eigenvalue weighted by atomic mass is 9.89. The maximum Gasteiger partial charge on any atom is 0.187 e. The Morgan fingerprint density at radius 2 is 0.951 bits per heavy atom. The molecule has 1 saturated heterocycles. The number of aldehydes is 1. The van der Waals surface area contributed by atoms with E-state index in [-0.39, 0.29) is 6.61 Å². The van der Waals surface area contributed by atoms with E-state index in [0.29, 0.717) is 26.4 Å². The molecule has 0 aliphatic carbocycles. The van der Waals surface area contributed by atoms with Crippen LogP contribution in [0.4, 0.5) is 0 Å². The third-order valence-corrected chi connectivity index (χ3v) is 7.09. The van der Waals surface area contributed by atoms with Crippen LogP contribution in [0.25, 0.3) is 0 Å². The Balaban J connectivity index is 1.37. The van der Waals surface area contributed by atoms with Crippen LogP contribution in [0.2, 0.25) is 0 Å². The number of carbonyl (C=O) groups is 1. The van der Waals surface area contributed by atoms with Gasteiger partial charge in [-0.3, -0.25) is 0 Å². The summed E-state index contributed by atoms with van der Waals surface area (Å²) in [6.07, 6.45) is -1.71. The molecule has 1 heterocycles. The second-order valence-corrected chi connectivity index (χ2v) is 10.1. The fourth-order valence-electron chi connectivity index (χ4n) is 4.91. The fraction of sp³-hybridized carbons (Fsp3) is 0.286. The highest BCUT2D eigenvalue weighted by Crippen LogP contribution is 2.32. The first-order valence-electron chi connectivity index (χ1n) is 14.0. The molecular formula is C35H36O6. The summed E-state index contributed by atoms with van der Waals surface area (Å²) in [6, 6.07) is 39.6. The summed E-state index contributed by atoms with van der Waals surface area (Å²) in [6.45, 7) is 1.59. The van der Waals surface area contributed by atoms with Gasteiger partial charge in [0.2, 0.25) is 0 Å². The molecule has 4 aromatic carbocycles. The summed E-state index contributed by atoms with van der Waals surface area (Å²) < 4.78 is 31.8. The molecule has 0 saturated carbocycles. The van der Waals surface area contributed by atoms with Gasteiger partial charge in [-0.1, -0.05) is 121 Å². The van der Waals surface area contributed by atoms with Gasteiger partial charge >= 0.3 is 0 Å². The third-order valence-electron chi connectivity index (χ3n) is 7.09. The molecule has 1 aliphatic rings. The summed E-state index contributed by atoms with van der Waals surface area (Å²) in [4.78, 5) is 12.6. The Kier molecular flexibility index (Phi) is 10.8. The van der Waals surface area contributed by atoms with E-state index in [4.69, 9.17) is 23.7 Å². The van der Waals surface area contributed by atoms with Gasteiger partial charge in [0, 0.05) is 0 Å². The molecule has 212 valence electrons. The van der Waals surface area contributed by atoms with Crippen molar-refractivity contribution in [3.05, 3.63) is 144 Å². The van der Waals surface area contributed by atoms with E-state index in [0.717, 1.165) is 28.5 Å². The Bertz CT molecular complexity index is 1290. The highest BCUT2D eigenvalue weighted by Gasteiger charge is 2.48. The lowest BCUT2D eigenvalue weighted by Gasteiger charge is -2.44. The van der Waals surface area contributed by atoms with Gasteiger partial charge in [-0.25, -0.2) is 0 Å². The molecule has 0 spiro atoms. The van der Waals surface area contributed by atoms with E-state index in [1.807, 2.05) is 121 Å². The molecule has 0 unspecified atom stereocenters. The Morgan fingerprint density at radius 3 is 1.41 bits per heavy atom. The number of hydrogen-bond acceptors (Lipinski definition) is 6. The zero-order valence-electron chi connectivity index (χ0n) is 23.0. The van der Waals surface area contributed by atoms with E-state index in [1.165, 1.54) is 0 Å². The zero-order chi connectivity index (χ0) is 28.1. The van der Waals surface area contributed by atoms with Crippen LogP contribution >= 0.6 is 0 Å². The second-order valence-electron chi connectivity index (χ2n) is 10.1. The second kappa shape index (κ2) is 15.4. The smallest absolute Gasteiger partial charge is 0.187 e. The molecule has 0 bridgehead atoms. The van der Waals surface area contributed by atoms with E-state index in [9.17, 15) is 4.79 Å². The summed E-state index contributed by atoms with van der Waals surface area (Å²) in [5.41, 5.74) is 4.06. The third kappa shape index (κ3) is 8.43. The summed E-state index contributed by atoms with van der Waals surface area (Å²) in [5, 5.41) is 0. The van der Waals surface area contributed by atoms with Crippen LogP contribution in [0.15, 0.2) is 121 Å². The molecule has 6 nitrogen and oxygen atoms in total. The van der Waals surface area contributed by atoms with Crippen LogP contribution in [-0.4, -0.2) is 37.5 Å². The minimum atomic E-state index is -0.777. The Labute approximate surface area is 241 Å². The standard InChI is InChI=1S/C35H36O6/c36-21-31-32(26-37-22-27-13-5-1-6-14-27)41-35(40-25-30-19-11-4-12-20-30)34(39-24-29-17-9-3-10-18-29)33(31)38-23-28-15-7-2-8-16-28/h1-21,31-35H,22-26H2/t31-,32-,33+,34-,35+/m1/s1. The van der Waals surface area contributed by atoms with Gasteiger partial charge in [0.15, 0.2) is 6.29 Å². The summed E-state index contributed by atoms with van der Waals surface area (Å²) in [7, 11) is 0. The lowest BCUT2D eigenvalue weighted by Crippen LogP contribution is -2.58. The zero-order valence-corrected chi connectivity index (χ0v) is 23.0. The topological polar surface area (TPSA) is 63.2 Å². The summed E-state index contributed by atoms with van der Waals surface area (Å²) >= 11 is 0. The predicted octanol–water partition coefficient (Wildman–Crippen LogP) is 6.13. The van der Waals surface area contributed by atoms with Crippen molar-refractivity contribution in [2.75, 3.05) is 6.61 Å². The highest BCUT2D eigenvalue weighted by molar-refractivity contribution is 5.56. The number of ether oxygens (including phenoxy) is 5. The van der Waals surface area contributed by atoms with Crippen molar-refractivity contribution in [3.63, 3.8) is 0 Å². The van der Waals surface area contributed by atoms with Crippen molar-refractivity contribution >= 4 is 6.29 Å². The first-order valence-corrected chi connectivity index (χ1v) is 14.0. The van der Waals surface area contributed by atoms with Crippen molar-refractivity contribution in [2.45, 2.75) is 51.0 Å². The van der Waals surface area contributed by atoms with Gasteiger partial charge in [-0.2, -0.15) is 0 Å². The maximum absolute atomic E-state index is 12.6. The molecule has 4 aromatic rings. The highest BCUT2D eigenvalue weighted by atomic mass is 16.7. The summed E-state index contributed by atoms with van der Waals surface area (Å²) in [5.74, 6) is -0.619. The molecule has 5 rings (SSSR count). The van der Waals surface area contributed by atoms with Crippen LogP contribution in [0, 0.1) is 5.92 Å². The van der Waals surface area contributed by atoms with Gasteiger partial charge < -0.3 is 28.5 Å². The molecule has 0 radical (unpaired) electrons. The molecule has 0 N–H and O–H groups in total. The van der Waals surface area contributed by atoms with Gasteiger partial charge in [-0.05, 0) is 22.3 Å². The average Bonchev–Trinajstić information content (AvgIpc) is 3.04.